The maximum atomic E-state index is 13.1. The number of rotatable bonds is 9. The first kappa shape index (κ1) is 26.0. The van der Waals surface area contributed by atoms with Gasteiger partial charge in [-0.15, -0.1) is 0 Å². The second-order valence-electron chi connectivity index (χ2n) is 10.2. The molecule has 2 heterocycles. The summed E-state index contributed by atoms with van der Waals surface area (Å²) in [7, 11) is 3.48. The Morgan fingerprint density at radius 1 is 1.18 bits per heavy atom. The molecule has 1 aromatic rings. The van der Waals surface area contributed by atoms with E-state index in [-0.39, 0.29) is 18.2 Å². The topological polar surface area (TPSA) is 169 Å². The van der Waals surface area contributed by atoms with Crippen molar-refractivity contribution < 1.29 is 53.4 Å². The van der Waals surface area contributed by atoms with Gasteiger partial charge in [0.05, 0.1) is 37.4 Å². The SMILES string of the molecule is COc1ccc2c3c1O[C@@H]1C(OC(=O)[C@H](CC(=O)O)OC(=O)CCC(=O)O)=CC[C@]4(O)[C@H](C2)N(C)CC[C@@]314. The van der Waals surface area contributed by atoms with E-state index in [2.05, 4.69) is 4.90 Å². The molecule has 5 rings (SSSR count). The Morgan fingerprint density at radius 3 is 2.63 bits per heavy atom. The van der Waals surface area contributed by atoms with Crippen LogP contribution < -0.4 is 9.47 Å². The molecule has 0 radical (unpaired) electrons. The molecule has 1 aromatic carbocycles. The number of carboxylic acids is 2. The van der Waals surface area contributed by atoms with Crippen LogP contribution in [0.3, 0.4) is 0 Å². The zero-order chi connectivity index (χ0) is 27.4. The summed E-state index contributed by atoms with van der Waals surface area (Å²) in [4.78, 5) is 49.4. The van der Waals surface area contributed by atoms with Crippen LogP contribution in [0.4, 0.5) is 0 Å². The lowest BCUT2D eigenvalue weighted by Gasteiger charge is -2.61. The summed E-state index contributed by atoms with van der Waals surface area (Å²) in [5, 5.41) is 30.2. The van der Waals surface area contributed by atoms with E-state index in [1.807, 2.05) is 13.1 Å². The monoisotopic (exact) mass is 531 g/mol. The highest BCUT2D eigenvalue weighted by atomic mass is 16.6. The van der Waals surface area contributed by atoms with Gasteiger partial charge in [-0.2, -0.15) is 0 Å². The fourth-order valence-corrected chi connectivity index (χ4v) is 6.53. The number of likely N-dealkylation sites (tertiary alicyclic amines) is 1. The van der Waals surface area contributed by atoms with Crippen molar-refractivity contribution in [3.05, 3.63) is 35.1 Å². The maximum absolute atomic E-state index is 13.1. The van der Waals surface area contributed by atoms with E-state index >= 15 is 0 Å². The average Bonchev–Trinajstić information content (AvgIpc) is 3.21. The van der Waals surface area contributed by atoms with E-state index in [1.165, 1.54) is 7.11 Å². The Hall–Kier alpha value is -3.64. The minimum Gasteiger partial charge on any atom is -0.493 e. The molecule has 38 heavy (non-hydrogen) atoms. The van der Waals surface area contributed by atoms with Gasteiger partial charge >= 0.3 is 23.9 Å². The van der Waals surface area contributed by atoms with Crippen LogP contribution in [0.2, 0.25) is 0 Å². The number of nitrogens with zero attached hydrogens (tertiary/aromatic N) is 1. The number of carbonyl (C=O) groups is 4. The molecule has 0 amide bonds. The third-order valence-corrected chi connectivity index (χ3v) is 8.22. The summed E-state index contributed by atoms with van der Waals surface area (Å²) in [6, 6.07) is 3.55. The van der Waals surface area contributed by atoms with Gasteiger partial charge in [-0.25, -0.2) is 4.79 Å². The quantitative estimate of drug-likeness (QED) is 0.383. The van der Waals surface area contributed by atoms with E-state index in [9.17, 15) is 29.4 Å². The second-order valence-corrected chi connectivity index (χ2v) is 10.2. The summed E-state index contributed by atoms with van der Waals surface area (Å²) in [5.41, 5.74) is -0.327. The Bertz CT molecular complexity index is 1240. The zero-order valence-corrected chi connectivity index (χ0v) is 21.0. The molecule has 3 N–H and O–H groups in total. The third-order valence-electron chi connectivity index (χ3n) is 8.22. The van der Waals surface area contributed by atoms with Gasteiger partial charge in [0.2, 0.25) is 6.10 Å². The smallest absolute Gasteiger partial charge is 0.353 e. The van der Waals surface area contributed by atoms with Crippen LogP contribution in [-0.2, 0) is 40.5 Å². The first-order chi connectivity index (χ1) is 18.0. The molecule has 2 aliphatic heterocycles. The number of hydrogen-bond donors (Lipinski definition) is 3. The van der Waals surface area contributed by atoms with E-state index < -0.39 is 66.4 Å². The van der Waals surface area contributed by atoms with Crippen molar-refractivity contribution >= 4 is 23.9 Å². The molecular formula is C26H29NO11. The Balaban J connectivity index is 1.48. The molecule has 1 spiro atoms. The number of esters is 2. The number of ether oxygens (including phenoxy) is 4. The lowest BCUT2D eigenvalue weighted by molar-refractivity contribution is -0.177. The minimum absolute atomic E-state index is 0.0889. The van der Waals surface area contributed by atoms with Crippen molar-refractivity contribution in [2.45, 2.75) is 67.8 Å². The molecule has 0 unspecified atom stereocenters. The van der Waals surface area contributed by atoms with Gasteiger partial charge in [0.1, 0.15) is 5.76 Å². The molecule has 12 nitrogen and oxygen atoms in total. The lowest BCUT2D eigenvalue weighted by atomic mass is 9.50. The number of benzene rings is 1. The molecule has 0 saturated carbocycles. The zero-order valence-electron chi connectivity index (χ0n) is 21.0. The predicted molar refractivity (Wildman–Crippen MR) is 127 cm³/mol. The minimum atomic E-state index is -1.79. The van der Waals surface area contributed by atoms with E-state index in [1.54, 1.807) is 12.1 Å². The largest absolute Gasteiger partial charge is 0.493 e. The summed E-state index contributed by atoms with van der Waals surface area (Å²) >= 11 is 0. The first-order valence-corrected chi connectivity index (χ1v) is 12.4. The highest BCUT2D eigenvalue weighted by Gasteiger charge is 2.72. The standard InChI is InChI=1S/C26H29NO11/c1-27-10-9-25-21-13-3-4-14(35-2)22(21)38-23(25)15(7-8-26(25,34)17(27)11-13)37-24(33)16(12-19(30)31)36-20(32)6-5-18(28)29/h3-4,7,16-17,23,34H,5-6,8-12H2,1-2H3,(H,28,29)(H,30,31)/t16-,17-,23+,25+,26-/m0/s1. The molecule has 2 bridgehead atoms. The Labute approximate surface area is 217 Å². The number of carboxylic acid groups (broad SMARTS) is 2. The molecular weight excluding hydrogens is 502 g/mol. The molecule has 1 saturated heterocycles. The molecule has 2 aliphatic carbocycles. The predicted octanol–water partition coefficient (Wildman–Crippen LogP) is 0.767. The van der Waals surface area contributed by atoms with Crippen LogP contribution in [0, 0.1) is 0 Å². The molecule has 5 atom stereocenters. The summed E-state index contributed by atoms with van der Waals surface area (Å²) in [5.74, 6) is -3.77. The number of methoxy groups -OCH3 is 1. The van der Waals surface area contributed by atoms with Gasteiger partial charge in [-0.05, 0) is 44.1 Å². The van der Waals surface area contributed by atoms with Crippen LogP contribution >= 0.6 is 0 Å². The molecule has 204 valence electrons. The van der Waals surface area contributed by atoms with Gasteiger partial charge in [0.15, 0.2) is 17.6 Å². The fourth-order valence-electron chi connectivity index (χ4n) is 6.53. The number of aliphatic carboxylic acids is 2. The lowest BCUT2D eigenvalue weighted by Crippen LogP contribution is -2.74. The summed E-state index contributed by atoms with van der Waals surface area (Å²) < 4.78 is 22.6. The Kier molecular flexibility index (Phi) is 6.35. The molecule has 4 aliphatic rings. The Morgan fingerprint density at radius 2 is 1.95 bits per heavy atom. The van der Waals surface area contributed by atoms with Crippen LogP contribution in [0.1, 0.15) is 43.2 Å². The van der Waals surface area contributed by atoms with E-state index in [0.29, 0.717) is 30.9 Å². The van der Waals surface area contributed by atoms with Gasteiger partial charge in [-0.1, -0.05) is 6.07 Å². The number of carbonyl (C=O) groups excluding carboxylic acids is 2. The summed E-state index contributed by atoms with van der Waals surface area (Å²) in [6.45, 7) is 0.660. The third kappa shape index (κ3) is 3.81. The molecule has 1 fully saturated rings. The van der Waals surface area contributed by atoms with Gasteiger partial charge < -0.3 is 39.2 Å². The normalized spacial score (nSPS) is 29.3. The van der Waals surface area contributed by atoms with Crippen molar-refractivity contribution in [3.63, 3.8) is 0 Å². The number of hydrogen-bond acceptors (Lipinski definition) is 10. The van der Waals surface area contributed by atoms with Crippen molar-refractivity contribution in [1.29, 1.82) is 0 Å². The van der Waals surface area contributed by atoms with E-state index in [4.69, 9.17) is 24.1 Å². The molecule has 0 aromatic heterocycles. The number of likely N-dealkylation sites (N-methyl/N-ethyl adjacent to an activating group) is 1. The average molecular weight is 532 g/mol. The highest BCUT2D eigenvalue weighted by Crippen LogP contribution is 2.65. The van der Waals surface area contributed by atoms with Gasteiger partial charge in [0, 0.05) is 18.0 Å². The van der Waals surface area contributed by atoms with Crippen LogP contribution in [0.5, 0.6) is 11.5 Å². The van der Waals surface area contributed by atoms with Crippen molar-refractivity contribution in [2.75, 3.05) is 20.7 Å². The van der Waals surface area contributed by atoms with Crippen LogP contribution in [0.15, 0.2) is 24.0 Å². The number of aliphatic hydroxyl groups is 1. The van der Waals surface area contributed by atoms with Crippen molar-refractivity contribution in [3.8, 4) is 11.5 Å². The van der Waals surface area contributed by atoms with Gasteiger partial charge in [-0.3, -0.25) is 14.4 Å². The van der Waals surface area contributed by atoms with Gasteiger partial charge in [0.25, 0.3) is 0 Å². The molecule has 12 heteroatoms. The van der Waals surface area contributed by atoms with Crippen LogP contribution in [-0.4, -0.2) is 88.6 Å². The van der Waals surface area contributed by atoms with Crippen LogP contribution in [0.25, 0.3) is 0 Å². The maximum Gasteiger partial charge on any atom is 0.353 e. The summed E-state index contributed by atoms with van der Waals surface area (Å²) in [6.07, 6.45) is -1.79. The highest BCUT2D eigenvalue weighted by molar-refractivity contribution is 5.85. The first-order valence-electron chi connectivity index (χ1n) is 12.4. The van der Waals surface area contributed by atoms with Crippen molar-refractivity contribution in [1.82, 2.24) is 4.90 Å². The fraction of sp³-hybridized carbons (Fsp3) is 0.538. The van der Waals surface area contributed by atoms with E-state index in [0.717, 1.165) is 11.1 Å². The second kappa shape index (κ2) is 9.28. The van der Waals surface area contributed by atoms with Crippen molar-refractivity contribution in [2.24, 2.45) is 0 Å². The number of piperidine rings is 1.